The molecule has 0 atom stereocenters. The number of nitrogens with one attached hydrogen (secondary N) is 1. The third-order valence-electron chi connectivity index (χ3n) is 3.18. The molecule has 3 rings (SSSR count). The Labute approximate surface area is 103 Å². The van der Waals surface area contributed by atoms with Gasteiger partial charge in [0.2, 0.25) is 0 Å². The van der Waals surface area contributed by atoms with Crippen molar-refractivity contribution in [3.63, 3.8) is 0 Å². The normalized spacial score (nSPS) is 14.3. The number of hydrogen-bond acceptors (Lipinski definition) is 3. The van der Waals surface area contributed by atoms with Gasteiger partial charge in [-0.2, -0.15) is 5.10 Å². The molecule has 0 aliphatic carbocycles. The van der Waals surface area contributed by atoms with Gasteiger partial charge < -0.3 is 5.32 Å². The first-order valence-corrected chi connectivity index (χ1v) is 5.80. The van der Waals surface area contributed by atoms with Crippen LogP contribution >= 0.6 is 0 Å². The molecule has 0 saturated heterocycles. The van der Waals surface area contributed by atoms with Gasteiger partial charge in [-0.05, 0) is 17.7 Å². The molecule has 0 amide bonds. The minimum absolute atomic E-state index is 0.0814. The van der Waals surface area contributed by atoms with Crippen LogP contribution in [0.1, 0.15) is 16.1 Å². The fourth-order valence-corrected chi connectivity index (χ4v) is 2.21. The standard InChI is InChI=1S/C13H12FN3O/c14-12-5-9(1-2-10(12)8-18)11-6-16-17-4-3-15-7-13(11)17/h1-2,5-6,8,15H,3-4,7H2. The van der Waals surface area contributed by atoms with Gasteiger partial charge in [0.05, 0.1) is 24.0 Å². The van der Waals surface area contributed by atoms with E-state index in [-0.39, 0.29) is 5.56 Å². The molecule has 1 N–H and O–H groups in total. The summed E-state index contributed by atoms with van der Waals surface area (Å²) in [6.07, 6.45) is 2.27. The van der Waals surface area contributed by atoms with E-state index in [2.05, 4.69) is 10.4 Å². The van der Waals surface area contributed by atoms with Crippen LogP contribution in [0.15, 0.2) is 24.4 Å². The van der Waals surface area contributed by atoms with E-state index < -0.39 is 5.82 Å². The van der Waals surface area contributed by atoms with Crippen LogP contribution in [-0.4, -0.2) is 22.6 Å². The van der Waals surface area contributed by atoms with Crippen molar-refractivity contribution in [2.75, 3.05) is 6.54 Å². The van der Waals surface area contributed by atoms with E-state index in [1.807, 2.05) is 4.68 Å². The summed E-state index contributed by atoms with van der Waals surface area (Å²) in [5.74, 6) is -0.494. The SMILES string of the molecule is O=Cc1ccc(-c2cnn3c2CNCC3)cc1F. The number of benzene rings is 1. The Morgan fingerprint density at radius 1 is 1.44 bits per heavy atom. The molecule has 0 unspecified atom stereocenters. The highest BCUT2D eigenvalue weighted by Crippen LogP contribution is 2.26. The fourth-order valence-electron chi connectivity index (χ4n) is 2.21. The largest absolute Gasteiger partial charge is 0.309 e. The Balaban J connectivity index is 2.07. The van der Waals surface area contributed by atoms with Crippen molar-refractivity contribution >= 4 is 6.29 Å². The lowest BCUT2D eigenvalue weighted by molar-refractivity contribution is 0.112. The highest BCUT2D eigenvalue weighted by molar-refractivity contribution is 5.77. The van der Waals surface area contributed by atoms with E-state index in [0.29, 0.717) is 6.29 Å². The maximum absolute atomic E-state index is 13.6. The van der Waals surface area contributed by atoms with Gasteiger partial charge in [-0.25, -0.2) is 4.39 Å². The third-order valence-corrected chi connectivity index (χ3v) is 3.18. The average molecular weight is 245 g/mol. The van der Waals surface area contributed by atoms with Crippen LogP contribution in [0.25, 0.3) is 11.1 Å². The number of nitrogens with zero attached hydrogens (tertiary/aromatic N) is 2. The van der Waals surface area contributed by atoms with Crippen molar-refractivity contribution in [3.8, 4) is 11.1 Å². The number of carbonyl (C=O) groups is 1. The van der Waals surface area contributed by atoms with Crippen LogP contribution in [0.2, 0.25) is 0 Å². The van der Waals surface area contributed by atoms with Crippen molar-refractivity contribution < 1.29 is 9.18 Å². The van der Waals surface area contributed by atoms with Gasteiger partial charge in [0.1, 0.15) is 5.82 Å². The Bertz CT molecular complexity index is 606. The van der Waals surface area contributed by atoms with Gasteiger partial charge in [-0.15, -0.1) is 0 Å². The van der Waals surface area contributed by atoms with Gasteiger partial charge in [-0.1, -0.05) is 6.07 Å². The molecule has 0 saturated carbocycles. The second-order valence-electron chi connectivity index (χ2n) is 4.26. The molecule has 2 heterocycles. The molecule has 92 valence electrons. The molecular weight excluding hydrogens is 233 g/mol. The van der Waals surface area contributed by atoms with E-state index in [1.54, 1.807) is 12.3 Å². The maximum atomic E-state index is 13.6. The van der Waals surface area contributed by atoms with Gasteiger partial charge in [-0.3, -0.25) is 9.48 Å². The molecular formula is C13H12FN3O. The smallest absolute Gasteiger partial charge is 0.152 e. The zero-order valence-electron chi connectivity index (χ0n) is 9.69. The zero-order chi connectivity index (χ0) is 12.5. The number of fused-ring (bicyclic) bond motifs is 1. The lowest BCUT2D eigenvalue weighted by Crippen LogP contribution is -2.28. The van der Waals surface area contributed by atoms with E-state index in [1.165, 1.54) is 12.1 Å². The summed E-state index contributed by atoms with van der Waals surface area (Å²) in [6, 6.07) is 4.63. The summed E-state index contributed by atoms with van der Waals surface area (Å²) in [5.41, 5.74) is 2.80. The Kier molecular flexibility index (Phi) is 2.68. The minimum Gasteiger partial charge on any atom is -0.309 e. The lowest BCUT2D eigenvalue weighted by atomic mass is 10.0. The topological polar surface area (TPSA) is 46.9 Å². The molecule has 1 aromatic carbocycles. The van der Waals surface area contributed by atoms with Crippen LogP contribution in [0, 0.1) is 5.82 Å². The van der Waals surface area contributed by atoms with Crippen LogP contribution in [-0.2, 0) is 13.1 Å². The van der Waals surface area contributed by atoms with Crippen molar-refractivity contribution in [3.05, 3.63) is 41.5 Å². The third kappa shape index (κ3) is 1.73. The van der Waals surface area contributed by atoms with E-state index in [0.717, 1.165) is 36.5 Å². The number of hydrogen-bond donors (Lipinski definition) is 1. The fraction of sp³-hybridized carbons (Fsp3) is 0.231. The number of halogens is 1. The lowest BCUT2D eigenvalue weighted by Gasteiger charge is -2.16. The summed E-state index contributed by atoms with van der Waals surface area (Å²) >= 11 is 0. The van der Waals surface area contributed by atoms with E-state index in [4.69, 9.17) is 0 Å². The van der Waals surface area contributed by atoms with E-state index in [9.17, 15) is 9.18 Å². The second-order valence-corrected chi connectivity index (χ2v) is 4.26. The summed E-state index contributed by atoms with van der Waals surface area (Å²) in [5, 5.41) is 7.55. The van der Waals surface area contributed by atoms with Crippen molar-refractivity contribution in [2.45, 2.75) is 13.1 Å². The summed E-state index contributed by atoms with van der Waals surface area (Å²) in [4.78, 5) is 10.6. The molecule has 2 aromatic rings. The number of carbonyl (C=O) groups excluding carboxylic acids is 1. The van der Waals surface area contributed by atoms with E-state index >= 15 is 0 Å². The molecule has 0 bridgehead atoms. The molecule has 0 radical (unpaired) electrons. The Hall–Kier alpha value is -2.01. The summed E-state index contributed by atoms with van der Waals surface area (Å²) < 4.78 is 15.5. The van der Waals surface area contributed by atoms with Crippen LogP contribution < -0.4 is 5.32 Å². The quantitative estimate of drug-likeness (QED) is 0.817. The summed E-state index contributed by atoms with van der Waals surface area (Å²) in [6.45, 7) is 2.45. The maximum Gasteiger partial charge on any atom is 0.152 e. The monoisotopic (exact) mass is 245 g/mol. The van der Waals surface area contributed by atoms with Crippen molar-refractivity contribution in [1.29, 1.82) is 0 Å². The molecule has 5 heteroatoms. The molecule has 1 aromatic heterocycles. The molecule has 18 heavy (non-hydrogen) atoms. The minimum atomic E-state index is -0.494. The first-order chi connectivity index (χ1) is 8.79. The first kappa shape index (κ1) is 11.1. The van der Waals surface area contributed by atoms with Crippen molar-refractivity contribution in [1.82, 2.24) is 15.1 Å². The first-order valence-electron chi connectivity index (χ1n) is 5.80. The number of rotatable bonds is 2. The molecule has 4 nitrogen and oxygen atoms in total. The average Bonchev–Trinajstić information content (AvgIpc) is 2.82. The summed E-state index contributed by atoms with van der Waals surface area (Å²) in [7, 11) is 0. The Morgan fingerprint density at radius 3 is 3.11 bits per heavy atom. The molecule has 1 aliphatic rings. The number of aromatic nitrogens is 2. The van der Waals surface area contributed by atoms with Gasteiger partial charge in [0.15, 0.2) is 6.29 Å². The van der Waals surface area contributed by atoms with Gasteiger partial charge >= 0.3 is 0 Å². The van der Waals surface area contributed by atoms with Gasteiger partial charge in [0.25, 0.3) is 0 Å². The van der Waals surface area contributed by atoms with Crippen LogP contribution in [0.5, 0.6) is 0 Å². The predicted molar refractivity (Wildman–Crippen MR) is 64.7 cm³/mol. The van der Waals surface area contributed by atoms with Crippen molar-refractivity contribution in [2.24, 2.45) is 0 Å². The molecule has 1 aliphatic heterocycles. The molecule has 0 fully saturated rings. The number of aldehydes is 1. The van der Waals surface area contributed by atoms with Crippen LogP contribution in [0.4, 0.5) is 4.39 Å². The van der Waals surface area contributed by atoms with Crippen LogP contribution in [0.3, 0.4) is 0 Å². The Morgan fingerprint density at radius 2 is 2.33 bits per heavy atom. The molecule has 0 spiro atoms. The van der Waals surface area contributed by atoms with Gasteiger partial charge in [0, 0.05) is 18.7 Å². The highest BCUT2D eigenvalue weighted by Gasteiger charge is 2.16. The predicted octanol–water partition coefficient (Wildman–Crippen LogP) is 1.60. The highest BCUT2D eigenvalue weighted by atomic mass is 19.1. The zero-order valence-corrected chi connectivity index (χ0v) is 9.69. The second kappa shape index (κ2) is 4.34.